The summed E-state index contributed by atoms with van der Waals surface area (Å²) in [5, 5.41) is 0. The highest BCUT2D eigenvalue weighted by Gasteiger charge is 2.56. The van der Waals surface area contributed by atoms with Gasteiger partial charge < -0.3 is 14.2 Å². The normalized spacial score (nSPS) is 15.6. The molecule has 4 aromatic rings. The zero-order chi connectivity index (χ0) is 31.2. The van der Waals surface area contributed by atoms with Crippen LogP contribution >= 0.6 is 11.8 Å². The van der Waals surface area contributed by atoms with Crippen LogP contribution in [0.3, 0.4) is 0 Å². The van der Waals surface area contributed by atoms with E-state index in [9.17, 15) is 14.4 Å². The highest BCUT2D eigenvalue weighted by molar-refractivity contribution is 8.00. The predicted octanol–water partition coefficient (Wildman–Crippen LogP) is 7.34. The van der Waals surface area contributed by atoms with Crippen molar-refractivity contribution >= 4 is 29.7 Å². The molecule has 7 heteroatoms. The van der Waals surface area contributed by atoms with E-state index in [1.54, 1.807) is 49.9 Å². The van der Waals surface area contributed by atoms with Gasteiger partial charge in [-0.1, -0.05) is 109 Å². The second-order valence-electron chi connectivity index (χ2n) is 11.3. The lowest BCUT2D eigenvalue weighted by Gasteiger charge is -2.41. The van der Waals surface area contributed by atoms with Crippen LogP contribution in [0.4, 0.5) is 0 Å². The van der Waals surface area contributed by atoms with Gasteiger partial charge in [0.25, 0.3) is 5.79 Å². The smallest absolute Gasteiger partial charge is 0.338 e. The number of hydrogen-bond acceptors (Lipinski definition) is 7. The summed E-state index contributed by atoms with van der Waals surface area (Å²) in [7, 11) is 1.30. The molecular formula is C37H36O6S. The average molecular weight is 609 g/mol. The van der Waals surface area contributed by atoms with E-state index in [0.29, 0.717) is 23.3 Å². The first-order chi connectivity index (χ1) is 21.2. The molecule has 44 heavy (non-hydrogen) atoms. The van der Waals surface area contributed by atoms with Gasteiger partial charge in [0, 0.05) is 20.3 Å². The third-order valence-electron chi connectivity index (χ3n) is 7.98. The van der Waals surface area contributed by atoms with Gasteiger partial charge in [-0.15, -0.1) is 11.8 Å². The van der Waals surface area contributed by atoms with Gasteiger partial charge in [0.05, 0.1) is 17.4 Å². The molecular weight excluding hydrogens is 572 g/mol. The van der Waals surface area contributed by atoms with E-state index >= 15 is 0 Å². The summed E-state index contributed by atoms with van der Waals surface area (Å²) in [6.07, 6.45) is 0.638. The highest BCUT2D eigenvalue weighted by atomic mass is 32.2. The number of cyclic esters (lactones) is 2. The maximum absolute atomic E-state index is 13.7. The largest absolute Gasteiger partial charge is 0.465 e. The van der Waals surface area contributed by atoms with Crippen molar-refractivity contribution in [2.24, 2.45) is 5.41 Å². The van der Waals surface area contributed by atoms with Crippen molar-refractivity contribution in [3.05, 3.63) is 143 Å². The minimum atomic E-state index is -1.62. The summed E-state index contributed by atoms with van der Waals surface area (Å²) >= 11 is 1.76. The molecule has 0 amide bonds. The maximum Gasteiger partial charge on any atom is 0.338 e. The molecule has 1 fully saturated rings. The Morgan fingerprint density at radius 2 is 1.18 bits per heavy atom. The van der Waals surface area contributed by atoms with Crippen LogP contribution in [0.2, 0.25) is 0 Å². The van der Waals surface area contributed by atoms with Gasteiger partial charge in [-0.3, -0.25) is 9.59 Å². The fourth-order valence-corrected chi connectivity index (χ4v) is 7.36. The number of ether oxygens (including phenoxy) is 3. The number of carbonyl (C=O) groups is 3. The Morgan fingerprint density at radius 3 is 1.66 bits per heavy atom. The number of carbonyl (C=O) groups excluding carboxylic acids is 3. The van der Waals surface area contributed by atoms with Crippen molar-refractivity contribution < 1.29 is 28.6 Å². The molecule has 1 aliphatic rings. The first kappa shape index (κ1) is 31.1. The van der Waals surface area contributed by atoms with Gasteiger partial charge in [0.15, 0.2) is 5.41 Å². The van der Waals surface area contributed by atoms with E-state index in [0.717, 1.165) is 16.7 Å². The van der Waals surface area contributed by atoms with E-state index in [1.165, 1.54) is 7.11 Å². The van der Waals surface area contributed by atoms with E-state index in [-0.39, 0.29) is 12.8 Å². The minimum absolute atomic E-state index is 0.0438. The van der Waals surface area contributed by atoms with Crippen molar-refractivity contribution in [1.29, 1.82) is 0 Å². The van der Waals surface area contributed by atoms with Gasteiger partial charge in [0.2, 0.25) is 0 Å². The molecule has 4 aromatic carbocycles. The number of thioether (sulfide) groups is 1. The molecule has 1 saturated heterocycles. The monoisotopic (exact) mass is 608 g/mol. The molecule has 0 radical (unpaired) electrons. The summed E-state index contributed by atoms with van der Waals surface area (Å²) in [5.41, 5.74) is 2.58. The van der Waals surface area contributed by atoms with Gasteiger partial charge in [0.1, 0.15) is 0 Å². The Labute approximate surface area is 262 Å². The Kier molecular flexibility index (Phi) is 9.25. The molecule has 0 spiro atoms. The lowest BCUT2D eigenvalue weighted by molar-refractivity contribution is -0.251. The van der Waals surface area contributed by atoms with E-state index in [1.807, 2.05) is 54.6 Å². The summed E-state index contributed by atoms with van der Waals surface area (Å²) in [4.78, 5) is 40.0. The van der Waals surface area contributed by atoms with E-state index in [2.05, 4.69) is 36.4 Å². The zero-order valence-corrected chi connectivity index (χ0v) is 26.0. The molecule has 1 heterocycles. The molecule has 1 aliphatic heterocycles. The molecule has 5 rings (SSSR count). The van der Waals surface area contributed by atoms with Crippen molar-refractivity contribution in [3.8, 4) is 0 Å². The molecule has 0 aliphatic carbocycles. The first-order valence-electron chi connectivity index (χ1n) is 14.7. The van der Waals surface area contributed by atoms with Crippen LogP contribution in [0, 0.1) is 5.41 Å². The number of hydrogen-bond donors (Lipinski definition) is 0. The fourth-order valence-electron chi connectivity index (χ4n) is 5.86. The second-order valence-corrected chi connectivity index (χ2v) is 12.6. The zero-order valence-electron chi connectivity index (χ0n) is 25.2. The molecule has 226 valence electrons. The van der Waals surface area contributed by atoms with Gasteiger partial charge in [-0.2, -0.15) is 0 Å². The van der Waals surface area contributed by atoms with Crippen LogP contribution in [0.5, 0.6) is 0 Å². The summed E-state index contributed by atoms with van der Waals surface area (Å²) in [6.45, 7) is 3.08. The molecule has 0 aromatic heterocycles. The second kappa shape index (κ2) is 13.1. The Bertz CT molecular complexity index is 1480. The summed E-state index contributed by atoms with van der Waals surface area (Å²) in [6, 6.07) is 37.9. The van der Waals surface area contributed by atoms with Crippen LogP contribution in [0.15, 0.2) is 115 Å². The van der Waals surface area contributed by atoms with Crippen LogP contribution in [-0.4, -0.2) is 36.6 Å². The molecule has 0 unspecified atom stereocenters. The van der Waals surface area contributed by atoms with Crippen LogP contribution in [0.1, 0.15) is 59.3 Å². The Balaban J connectivity index is 1.49. The topological polar surface area (TPSA) is 78.9 Å². The fraction of sp³-hybridized carbons (Fsp3) is 0.270. The van der Waals surface area contributed by atoms with Gasteiger partial charge >= 0.3 is 17.9 Å². The lowest BCUT2D eigenvalue weighted by atomic mass is 9.76. The van der Waals surface area contributed by atoms with Crippen molar-refractivity contribution in [1.82, 2.24) is 0 Å². The Morgan fingerprint density at radius 1 is 0.727 bits per heavy atom. The van der Waals surface area contributed by atoms with Gasteiger partial charge in [-0.25, -0.2) is 4.79 Å². The summed E-state index contributed by atoms with van der Waals surface area (Å²) in [5.74, 6) is -2.60. The highest BCUT2D eigenvalue weighted by Crippen LogP contribution is 2.49. The number of methoxy groups -OCH3 is 1. The van der Waals surface area contributed by atoms with Crippen molar-refractivity contribution in [2.75, 3.05) is 12.9 Å². The minimum Gasteiger partial charge on any atom is -0.465 e. The van der Waals surface area contributed by atoms with Crippen LogP contribution in [0.25, 0.3) is 0 Å². The van der Waals surface area contributed by atoms with Crippen LogP contribution in [-0.2, 0) is 35.0 Å². The van der Waals surface area contributed by atoms with Crippen molar-refractivity contribution in [3.63, 3.8) is 0 Å². The molecule has 0 saturated carbocycles. The number of benzene rings is 4. The average Bonchev–Trinajstić information content (AvgIpc) is 3.04. The van der Waals surface area contributed by atoms with Crippen molar-refractivity contribution in [2.45, 2.75) is 43.6 Å². The first-order valence-corrected chi connectivity index (χ1v) is 15.6. The predicted molar refractivity (Wildman–Crippen MR) is 171 cm³/mol. The third kappa shape index (κ3) is 6.15. The number of esters is 3. The SMILES string of the molecule is COC(=O)c1ccccc1CC1(CCCSC(c2ccccc2)(c2ccccc2)c2ccccc2)C(=O)OC(C)(C)OC1=O. The molecule has 0 atom stereocenters. The van der Waals surface area contributed by atoms with Crippen LogP contribution < -0.4 is 0 Å². The molecule has 0 bridgehead atoms. The summed E-state index contributed by atoms with van der Waals surface area (Å²) < 4.78 is 15.8. The van der Waals surface area contributed by atoms with Gasteiger partial charge in [-0.05, 0) is 46.9 Å². The maximum atomic E-state index is 13.7. The Hall–Kier alpha value is -4.36. The lowest BCUT2D eigenvalue weighted by Crippen LogP contribution is -2.55. The third-order valence-corrected chi connectivity index (χ3v) is 9.61. The van der Waals surface area contributed by atoms with E-state index < -0.39 is 33.9 Å². The number of rotatable bonds is 11. The van der Waals surface area contributed by atoms with E-state index in [4.69, 9.17) is 14.2 Å². The standard InChI is InChI=1S/C37H36O6S/c1-35(2)42-33(39)36(34(40)43-35,26-27-16-13-14-23-31(27)32(38)41-3)24-15-25-44-37(28-17-7-4-8-18-28,29-19-9-5-10-20-29)30-21-11-6-12-22-30/h4-14,16-23H,15,24-26H2,1-3H3. The molecule has 6 nitrogen and oxygen atoms in total. The molecule has 0 N–H and O–H groups in total. The quantitative estimate of drug-likeness (QED) is 0.0763.